The van der Waals surface area contributed by atoms with Gasteiger partial charge in [-0.25, -0.2) is 13.8 Å². The minimum Gasteiger partial charge on any atom is -0.508 e. The van der Waals surface area contributed by atoms with Crippen LogP contribution in [0, 0.1) is 0 Å². The molecule has 3 N–H and O–H groups in total. The Morgan fingerprint density at radius 1 is 1.07 bits per heavy atom. The highest BCUT2D eigenvalue weighted by molar-refractivity contribution is 7.94. The predicted molar refractivity (Wildman–Crippen MR) is 105 cm³/mol. The van der Waals surface area contributed by atoms with Gasteiger partial charge in [-0.3, -0.25) is 9.52 Å². The van der Waals surface area contributed by atoms with Crippen LogP contribution in [0.15, 0.2) is 75.4 Å². The summed E-state index contributed by atoms with van der Waals surface area (Å²) in [6.07, 6.45) is 1.40. The summed E-state index contributed by atoms with van der Waals surface area (Å²) in [6, 6.07) is 15.6. The van der Waals surface area contributed by atoms with E-state index in [0.29, 0.717) is 16.8 Å². The third-order valence-corrected chi connectivity index (χ3v) is 6.19. The minimum atomic E-state index is -3.63. The number of aromatic hydroxyl groups is 1. The zero-order valence-corrected chi connectivity index (χ0v) is 15.5. The molecule has 7 nitrogen and oxygen atoms in total. The number of sulfonamides is 1. The minimum absolute atomic E-state index is 0.103. The van der Waals surface area contributed by atoms with Gasteiger partial charge in [-0.05, 0) is 53.4 Å². The van der Waals surface area contributed by atoms with E-state index in [2.05, 4.69) is 15.2 Å². The zero-order chi connectivity index (χ0) is 19.3. The van der Waals surface area contributed by atoms with Crippen LogP contribution in [0.1, 0.15) is 15.9 Å². The van der Waals surface area contributed by atoms with Crippen molar-refractivity contribution < 1.29 is 18.3 Å². The average Bonchev–Trinajstić information content (AvgIpc) is 3.18. The van der Waals surface area contributed by atoms with E-state index in [1.807, 2.05) is 0 Å². The molecule has 0 saturated heterocycles. The second-order valence-corrected chi connectivity index (χ2v) is 8.27. The fourth-order valence-electron chi connectivity index (χ4n) is 2.15. The number of thiophene rings is 1. The number of hydrogen-bond acceptors (Lipinski definition) is 6. The van der Waals surface area contributed by atoms with Gasteiger partial charge in [0.15, 0.2) is 0 Å². The summed E-state index contributed by atoms with van der Waals surface area (Å²) in [5.74, 6) is -0.343. The zero-order valence-electron chi connectivity index (χ0n) is 13.9. The fraction of sp³-hybridized carbons (Fsp3) is 0. The van der Waals surface area contributed by atoms with Crippen molar-refractivity contribution in [2.75, 3.05) is 4.72 Å². The summed E-state index contributed by atoms with van der Waals surface area (Å²) in [7, 11) is -3.63. The Labute approximate surface area is 160 Å². The number of benzene rings is 2. The van der Waals surface area contributed by atoms with Crippen LogP contribution in [0.4, 0.5) is 5.69 Å². The molecule has 9 heteroatoms. The van der Waals surface area contributed by atoms with Crippen LogP contribution in [0.2, 0.25) is 0 Å². The van der Waals surface area contributed by atoms with Crippen LogP contribution >= 0.6 is 11.3 Å². The van der Waals surface area contributed by atoms with Crippen molar-refractivity contribution >= 4 is 39.2 Å². The van der Waals surface area contributed by atoms with Gasteiger partial charge in [0, 0.05) is 11.3 Å². The summed E-state index contributed by atoms with van der Waals surface area (Å²) in [5, 5.41) is 14.9. The summed E-state index contributed by atoms with van der Waals surface area (Å²) >= 11 is 1.12. The van der Waals surface area contributed by atoms with E-state index < -0.39 is 15.9 Å². The molecule has 0 unspecified atom stereocenters. The molecule has 3 aromatic rings. The first-order valence-corrected chi connectivity index (χ1v) is 10.1. The molecular formula is C18H15N3O4S2. The molecule has 1 amide bonds. The van der Waals surface area contributed by atoms with Gasteiger partial charge in [-0.2, -0.15) is 5.10 Å². The van der Waals surface area contributed by atoms with Crippen LogP contribution in [-0.2, 0) is 10.0 Å². The van der Waals surface area contributed by atoms with E-state index in [1.54, 1.807) is 23.6 Å². The molecule has 0 fully saturated rings. The Hall–Kier alpha value is -3.17. The number of phenols is 1. The molecule has 0 aliphatic heterocycles. The molecule has 0 saturated carbocycles. The number of anilines is 1. The van der Waals surface area contributed by atoms with E-state index >= 15 is 0 Å². The SMILES string of the molecule is O=C(N/N=C\c1cccc(O)c1)c1ccc(NS(=O)(=O)c2cccs2)cc1. The second-order valence-electron chi connectivity index (χ2n) is 5.41. The van der Waals surface area contributed by atoms with Crippen LogP contribution < -0.4 is 10.1 Å². The lowest BCUT2D eigenvalue weighted by Crippen LogP contribution is -2.17. The van der Waals surface area contributed by atoms with E-state index in [4.69, 9.17) is 0 Å². The maximum Gasteiger partial charge on any atom is 0.271 e. The van der Waals surface area contributed by atoms with Gasteiger partial charge in [0.2, 0.25) is 0 Å². The second kappa shape index (κ2) is 8.02. The number of carbonyl (C=O) groups excluding carboxylic acids is 1. The Morgan fingerprint density at radius 2 is 1.85 bits per heavy atom. The summed E-state index contributed by atoms with van der Waals surface area (Å²) < 4.78 is 27.0. The van der Waals surface area contributed by atoms with Gasteiger partial charge in [0.25, 0.3) is 15.9 Å². The molecule has 1 aromatic heterocycles. The topological polar surface area (TPSA) is 108 Å². The van der Waals surface area contributed by atoms with E-state index in [0.717, 1.165) is 11.3 Å². The molecule has 3 rings (SSSR count). The quantitative estimate of drug-likeness (QED) is 0.436. The van der Waals surface area contributed by atoms with Crippen molar-refractivity contribution in [1.29, 1.82) is 0 Å². The standard InChI is InChI=1S/C18H15N3O4S2/c22-16-4-1-3-13(11-16)12-19-20-18(23)14-6-8-15(9-7-14)21-27(24,25)17-5-2-10-26-17/h1-12,21-22H,(H,20,23)/b19-12-. The normalized spacial score (nSPS) is 11.4. The van der Waals surface area contributed by atoms with Crippen molar-refractivity contribution in [3.63, 3.8) is 0 Å². The Balaban J connectivity index is 1.62. The van der Waals surface area contributed by atoms with Crippen LogP contribution in [0.25, 0.3) is 0 Å². The third kappa shape index (κ3) is 4.93. The molecule has 27 heavy (non-hydrogen) atoms. The monoisotopic (exact) mass is 401 g/mol. The maximum atomic E-state index is 12.2. The molecule has 0 radical (unpaired) electrons. The first-order valence-electron chi connectivity index (χ1n) is 7.73. The van der Waals surface area contributed by atoms with Crippen LogP contribution in [-0.4, -0.2) is 25.6 Å². The van der Waals surface area contributed by atoms with Gasteiger partial charge in [0.05, 0.1) is 6.21 Å². The Kier molecular flexibility index (Phi) is 5.53. The number of amides is 1. The van der Waals surface area contributed by atoms with Crippen molar-refractivity contribution in [3.05, 3.63) is 77.2 Å². The van der Waals surface area contributed by atoms with Gasteiger partial charge in [0.1, 0.15) is 9.96 Å². The summed E-state index contributed by atoms with van der Waals surface area (Å²) in [6.45, 7) is 0. The highest BCUT2D eigenvalue weighted by atomic mass is 32.2. The number of carbonyl (C=O) groups is 1. The number of nitrogens with one attached hydrogen (secondary N) is 2. The average molecular weight is 401 g/mol. The van der Waals surface area contributed by atoms with Crippen molar-refractivity contribution in [2.45, 2.75) is 4.21 Å². The molecule has 0 spiro atoms. The van der Waals surface area contributed by atoms with Crippen molar-refractivity contribution in [2.24, 2.45) is 5.10 Å². The molecule has 1 heterocycles. The van der Waals surface area contributed by atoms with Gasteiger partial charge in [-0.15, -0.1) is 11.3 Å². The van der Waals surface area contributed by atoms with Gasteiger partial charge < -0.3 is 5.11 Å². The molecular weight excluding hydrogens is 386 g/mol. The molecule has 138 valence electrons. The highest BCUT2D eigenvalue weighted by Gasteiger charge is 2.15. The summed E-state index contributed by atoms with van der Waals surface area (Å²) in [4.78, 5) is 12.1. The number of rotatable bonds is 6. The van der Waals surface area contributed by atoms with E-state index in [1.165, 1.54) is 48.7 Å². The van der Waals surface area contributed by atoms with Crippen LogP contribution in [0.3, 0.4) is 0 Å². The van der Waals surface area contributed by atoms with E-state index in [-0.39, 0.29) is 9.96 Å². The number of nitrogens with zero attached hydrogens (tertiary/aromatic N) is 1. The first kappa shape index (κ1) is 18.6. The molecule has 2 aromatic carbocycles. The summed E-state index contributed by atoms with van der Waals surface area (Å²) in [5.41, 5.74) is 3.67. The molecule has 0 aliphatic rings. The molecule has 0 aliphatic carbocycles. The lowest BCUT2D eigenvalue weighted by molar-refractivity contribution is 0.0955. The lowest BCUT2D eigenvalue weighted by Gasteiger charge is -2.07. The predicted octanol–water partition coefficient (Wildman–Crippen LogP) is 3.02. The van der Waals surface area contributed by atoms with Crippen molar-refractivity contribution in [3.8, 4) is 5.75 Å². The van der Waals surface area contributed by atoms with E-state index in [9.17, 15) is 18.3 Å². The molecule has 0 atom stereocenters. The Morgan fingerprint density at radius 3 is 2.52 bits per heavy atom. The smallest absolute Gasteiger partial charge is 0.271 e. The van der Waals surface area contributed by atoms with Gasteiger partial charge in [-0.1, -0.05) is 18.2 Å². The van der Waals surface area contributed by atoms with Crippen molar-refractivity contribution in [1.82, 2.24) is 5.43 Å². The first-order chi connectivity index (χ1) is 12.9. The lowest BCUT2D eigenvalue weighted by atomic mass is 10.2. The number of phenolic OH excluding ortho intramolecular Hbond substituents is 1. The Bertz CT molecular complexity index is 1060. The number of hydrazone groups is 1. The highest BCUT2D eigenvalue weighted by Crippen LogP contribution is 2.20. The van der Waals surface area contributed by atoms with Crippen LogP contribution in [0.5, 0.6) is 5.75 Å². The molecule has 0 bridgehead atoms. The third-order valence-electron chi connectivity index (χ3n) is 3.41. The largest absolute Gasteiger partial charge is 0.508 e. The number of hydrogen-bond donors (Lipinski definition) is 3. The fourth-order valence-corrected chi connectivity index (χ4v) is 4.20. The maximum absolute atomic E-state index is 12.2. The van der Waals surface area contributed by atoms with Gasteiger partial charge >= 0.3 is 0 Å².